The first-order valence-corrected chi connectivity index (χ1v) is 11.8. The Morgan fingerprint density at radius 1 is 1.09 bits per heavy atom. The molecule has 172 valence electrons. The molecule has 0 aliphatic heterocycles. The van der Waals surface area contributed by atoms with E-state index in [0.717, 1.165) is 26.8 Å². The third-order valence-corrected chi connectivity index (χ3v) is 6.45. The molecule has 7 heteroatoms. The smallest absolute Gasteiger partial charge is 0.150 e. The minimum atomic E-state index is -1.36. The topological polar surface area (TPSA) is 67.3 Å². The number of aliphatic hydroxyl groups is 1. The van der Waals surface area contributed by atoms with Crippen molar-refractivity contribution in [2.75, 3.05) is 20.6 Å². The Kier molecular flexibility index (Phi) is 6.08. The van der Waals surface area contributed by atoms with Gasteiger partial charge in [-0.05, 0) is 50.0 Å². The molecule has 0 saturated carbocycles. The number of halogens is 1. The maximum absolute atomic E-state index is 12.1. The minimum absolute atomic E-state index is 0.446. The number of nitrogens with zero attached hydrogens (tertiary/aromatic N) is 4. The van der Waals surface area contributed by atoms with E-state index in [1.807, 2.05) is 66.2 Å². The number of pyridine rings is 1. The molecule has 1 unspecified atom stereocenters. The highest BCUT2D eigenvalue weighted by Gasteiger charge is 2.37. The molecule has 0 aliphatic rings. The summed E-state index contributed by atoms with van der Waals surface area (Å²) in [7, 11) is 3.98. The third-order valence-electron chi connectivity index (χ3n) is 5.99. The Labute approximate surface area is 206 Å². The predicted molar refractivity (Wildman–Crippen MR) is 137 cm³/mol. The summed E-state index contributed by atoms with van der Waals surface area (Å²) >= 11 is 3.66. The molecule has 1 N–H and O–H groups in total. The van der Waals surface area contributed by atoms with Crippen molar-refractivity contribution in [3.8, 4) is 16.9 Å². The molecular formula is C27H25BrN4O2. The van der Waals surface area contributed by atoms with Crippen LogP contribution in [0.25, 0.3) is 27.8 Å². The summed E-state index contributed by atoms with van der Waals surface area (Å²) in [6, 6.07) is 19.9. The summed E-state index contributed by atoms with van der Waals surface area (Å²) in [5.41, 5.74) is 2.07. The minimum Gasteiger partial charge on any atom is -0.466 e. The second kappa shape index (κ2) is 9.18. The zero-order chi connectivity index (χ0) is 23.7. The van der Waals surface area contributed by atoms with Crippen LogP contribution in [0.15, 0.2) is 94.5 Å². The molecule has 5 rings (SSSR count). The molecule has 3 heterocycles. The van der Waals surface area contributed by atoms with E-state index in [-0.39, 0.29) is 0 Å². The number of hydrogen-bond donors (Lipinski definition) is 1. The molecule has 1 atom stereocenters. The van der Waals surface area contributed by atoms with Crippen LogP contribution < -0.4 is 0 Å². The van der Waals surface area contributed by atoms with Crippen LogP contribution in [0.4, 0.5) is 0 Å². The normalized spacial score (nSPS) is 13.4. The lowest BCUT2D eigenvalue weighted by Crippen LogP contribution is -2.32. The maximum Gasteiger partial charge on any atom is 0.150 e. The molecule has 34 heavy (non-hydrogen) atoms. The average Bonchev–Trinajstić information content (AvgIpc) is 3.57. The van der Waals surface area contributed by atoms with Crippen molar-refractivity contribution >= 4 is 26.8 Å². The fourth-order valence-electron chi connectivity index (χ4n) is 4.26. The van der Waals surface area contributed by atoms with Crippen molar-refractivity contribution in [2.24, 2.45) is 0 Å². The Morgan fingerprint density at radius 2 is 1.91 bits per heavy atom. The SMILES string of the molecule is CN(C)CCC(O)(c1ccco1)c1cc(Br)cc2cc(-c3ccccc3)c(-n3ccnc3)nc12. The lowest BCUT2D eigenvalue weighted by Gasteiger charge is -2.29. The molecule has 0 saturated heterocycles. The summed E-state index contributed by atoms with van der Waals surface area (Å²) < 4.78 is 8.51. The van der Waals surface area contributed by atoms with Gasteiger partial charge in [0.05, 0.1) is 11.8 Å². The highest BCUT2D eigenvalue weighted by Crippen LogP contribution is 2.40. The first kappa shape index (κ1) is 22.5. The highest BCUT2D eigenvalue weighted by atomic mass is 79.9. The van der Waals surface area contributed by atoms with Gasteiger partial charge in [0.15, 0.2) is 5.60 Å². The van der Waals surface area contributed by atoms with Gasteiger partial charge < -0.3 is 14.4 Å². The number of furan rings is 1. The van der Waals surface area contributed by atoms with E-state index in [1.165, 1.54) is 0 Å². The van der Waals surface area contributed by atoms with Crippen LogP contribution in [0.2, 0.25) is 0 Å². The van der Waals surface area contributed by atoms with Gasteiger partial charge >= 0.3 is 0 Å². The Morgan fingerprint density at radius 3 is 2.59 bits per heavy atom. The van der Waals surface area contributed by atoms with Crippen molar-refractivity contribution in [3.05, 3.63) is 101 Å². The number of hydrogen-bond acceptors (Lipinski definition) is 5. The molecule has 0 amide bonds. The van der Waals surface area contributed by atoms with Crippen LogP contribution in [0.5, 0.6) is 0 Å². The third kappa shape index (κ3) is 4.18. The quantitative estimate of drug-likeness (QED) is 0.303. The van der Waals surface area contributed by atoms with Gasteiger partial charge in [-0.25, -0.2) is 9.97 Å². The van der Waals surface area contributed by atoms with Crippen LogP contribution in [-0.2, 0) is 5.60 Å². The summed E-state index contributed by atoms with van der Waals surface area (Å²) in [5.74, 6) is 1.24. The summed E-state index contributed by atoms with van der Waals surface area (Å²) in [6.45, 7) is 0.668. The molecule has 0 fully saturated rings. The lowest BCUT2D eigenvalue weighted by molar-refractivity contribution is 0.0420. The van der Waals surface area contributed by atoms with Crippen molar-refractivity contribution in [2.45, 2.75) is 12.0 Å². The summed E-state index contributed by atoms with van der Waals surface area (Å²) in [4.78, 5) is 11.4. The molecular weight excluding hydrogens is 492 g/mol. The van der Waals surface area contributed by atoms with Gasteiger partial charge in [0, 0.05) is 46.3 Å². The zero-order valence-corrected chi connectivity index (χ0v) is 20.6. The second-order valence-electron chi connectivity index (χ2n) is 8.61. The van der Waals surface area contributed by atoms with E-state index in [2.05, 4.69) is 39.1 Å². The first-order valence-electron chi connectivity index (χ1n) is 11.1. The average molecular weight is 517 g/mol. The number of fused-ring (bicyclic) bond motifs is 1. The molecule has 6 nitrogen and oxygen atoms in total. The van der Waals surface area contributed by atoms with Crippen LogP contribution >= 0.6 is 15.9 Å². The van der Waals surface area contributed by atoms with Crippen LogP contribution in [0, 0.1) is 0 Å². The monoisotopic (exact) mass is 516 g/mol. The van der Waals surface area contributed by atoms with Gasteiger partial charge in [0.2, 0.25) is 0 Å². The van der Waals surface area contributed by atoms with Crippen LogP contribution in [0.1, 0.15) is 17.7 Å². The number of rotatable bonds is 7. The van der Waals surface area contributed by atoms with Crippen molar-refractivity contribution in [1.29, 1.82) is 0 Å². The van der Waals surface area contributed by atoms with E-state index >= 15 is 0 Å². The first-order chi connectivity index (χ1) is 16.5. The second-order valence-corrected chi connectivity index (χ2v) is 9.53. The van der Waals surface area contributed by atoms with E-state index in [1.54, 1.807) is 24.9 Å². The Hall–Kier alpha value is -3.26. The van der Waals surface area contributed by atoms with Crippen molar-refractivity contribution in [1.82, 2.24) is 19.4 Å². The van der Waals surface area contributed by atoms with Gasteiger partial charge in [-0.2, -0.15) is 0 Å². The lowest BCUT2D eigenvalue weighted by atomic mass is 9.85. The summed E-state index contributed by atoms with van der Waals surface area (Å²) in [6.07, 6.45) is 7.39. The summed E-state index contributed by atoms with van der Waals surface area (Å²) in [5, 5.41) is 13.0. The fourth-order valence-corrected chi connectivity index (χ4v) is 4.73. The van der Waals surface area contributed by atoms with E-state index in [4.69, 9.17) is 9.40 Å². The Balaban J connectivity index is 1.80. The molecule has 0 spiro atoms. The molecule has 0 radical (unpaired) electrons. The highest BCUT2D eigenvalue weighted by molar-refractivity contribution is 9.10. The number of imidazole rings is 1. The van der Waals surface area contributed by atoms with E-state index in [0.29, 0.717) is 29.8 Å². The van der Waals surface area contributed by atoms with Gasteiger partial charge in [-0.15, -0.1) is 0 Å². The van der Waals surface area contributed by atoms with Crippen molar-refractivity contribution < 1.29 is 9.52 Å². The zero-order valence-electron chi connectivity index (χ0n) is 19.0. The van der Waals surface area contributed by atoms with Crippen LogP contribution in [0.3, 0.4) is 0 Å². The maximum atomic E-state index is 12.1. The predicted octanol–water partition coefficient (Wildman–Crippen LogP) is 5.63. The largest absolute Gasteiger partial charge is 0.466 e. The van der Waals surface area contributed by atoms with Gasteiger partial charge in [-0.1, -0.05) is 46.3 Å². The van der Waals surface area contributed by atoms with Crippen molar-refractivity contribution in [3.63, 3.8) is 0 Å². The molecule has 0 aliphatic carbocycles. The molecule has 0 bridgehead atoms. The standard InChI is InChI=1S/C27H25BrN4O2/c1-31(2)12-10-27(33,24-9-6-14-34-24)23-17-21(28)15-20-16-22(19-7-4-3-5-8-19)26(30-25(20)23)32-13-11-29-18-32/h3-9,11,13-18,33H,10,12H2,1-2H3. The Bertz CT molecular complexity index is 1400. The van der Waals surface area contributed by atoms with E-state index in [9.17, 15) is 5.11 Å². The van der Waals surface area contributed by atoms with E-state index < -0.39 is 5.60 Å². The van der Waals surface area contributed by atoms with Crippen LogP contribution in [-0.4, -0.2) is 45.2 Å². The number of aromatic nitrogens is 3. The van der Waals surface area contributed by atoms with Gasteiger partial charge in [-0.3, -0.25) is 4.57 Å². The molecule has 3 aromatic heterocycles. The van der Waals surface area contributed by atoms with Gasteiger partial charge in [0.25, 0.3) is 0 Å². The molecule has 5 aromatic rings. The number of benzene rings is 2. The fraction of sp³-hybridized carbons (Fsp3) is 0.185. The molecule has 2 aromatic carbocycles. The van der Waals surface area contributed by atoms with Gasteiger partial charge in [0.1, 0.15) is 17.9 Å².